The van der Waals surface area contributed by atoms with Gasteiger partial charge in [-0.05, 0) is 43.0 Å². The third kappa shape index (κ3) is 4.95. The molecule has 1 aromatic carbocycles. The van der Waals surface area contributed by atoms with Crippen LogP contribution in [0.4, 0.5) is 10.5 Å². The van der Waals surface area contributed by atoms with E-state index in [1.54, 1.807) is 12.1 Å². The number of anilines is 1. The molecule has 2 heterocycles. The fourth-order valence-electron chi connectivity index (χ4n) is 3.82. The largest absolute Gasteiger partial charge is 0.465 e. The SMILES string of the molecule is CS(=O)(=O)c1ccc(N2CCN(C(=O)CC3CCN(C(=O)O)CC3)CC2)cc1. The van der Waals surface area contributed by atoms with E-state index in [0.717, 1.165) is 18.5 Å². The van der Waals surface area contributed by atoms with Gasteiger partial charge >= 0.3 is 6.09 Å². The molecule has 28 heavy (non-hydrogen) atoms. The van der Waals surface area contributed by atoms with Crippen LogP contribution in [0.15, 0.2) is 29.2 Å². The van der Waals surface area contributed by atoms with Crippen LogP contribution in [-0.2, 0) is 14.6 Å². The highest BCUT2D eigenvalue weighted by Crippen LogP contribution is 2.23. The first-order chi connectivity index (χ1) is 13.2. The summed E-state index contributed by atoms with van der Waals surface area (Å²) in [4.78, 5) is 29.3. The van der Waals surface area contributed by atoms with Crippen molar-refractivity contribution in [3.63, 3.8) is 0 Å². The van der Waals surface area contributed by atoms with Gasteiger partial charge in [0.05, 0.1) is 4.90 Å². The molecule has 0 saturated carbocycles. The first-order valence-corrected chi connectivity index (χ1v) is 11.4. The van der Waals surface area contributed by atoms with Crippen molar-refractivity contribution in [2.75, 3.05) is 50.4 Å². The molecular formula is C19H27N3O5S. The van der Waals surface area contributed by atoms with Crippen LogP contribution in [0.1, 0.15) is 19.3 Å². The van der Waals surface area contributed by atoms with Crippen LogP contribution in [0.2, 0.25) is 0 Å². The third-order valence-electron chi connectivity index (χ3n) is 5.61. The van der Waals surface area contributed by atoms with Crippen molar-refractivity contribution >= 4 is 27.5 Å². The quantitative estimate of drug-likeness (QED) is 0.810. The molecule has 3 rings (SSSR count). The molecule has 2 fully saturated rings. The lowest BCUT2D eigenvalue weighted by Crippen LogP contribution is -2.49. The Kier molecular flexibility index (Phi) is 6.12. The number of piperazine rings is 1. The molecular weight excluding hydrogens is 382 g/mol. The smallest absolute Gasteiger partial charge is 0.407 e. The molecule has 9 heteroatoms. The predicted octanol–water partition coefficient (Wildman–Crippen LogP) is 1.52. The summed E-state index contributed by atoms with van der Waals surface area (Å²) in [7, 11) is -3.20. The molecule has 8 nitrogen and oxygen atoms in total. The molecule has 1 N–H and O–H groups in total. The van der Waals surface area contributed by atoms with Crippen LogP contribution in [-0.4, -0.2) is 80.8 Å². The number of carbonyl (C=O) groups excluding carboxylic acids is 1. The summed E-state index contributed by atoms with van der Waals surface area (Å²) in [6, 6.07) is 6.85. The molecule has 2 amide bonds. The van der Waals surface area contributed by atoms with E-state index in [1.165, 1.54) is 11.2 Å². The average Bonchev–Trinajstić information content (AvgIpc) is 2.68. The van der Waals surface area contributed by atoms with E-state index in [-0.39, 0.29) is 11.8 Å². The second kappa shape index (κ2) is 8.38. The van der Waals surface area contributed by atoms with Gasteiger partial charge in [-0.25, -0.2) is 13.2 Å². The van der Waals surface area contributed by atoms with Crippen molar-refractivity contribution in [1.29, 1.82) is 0 Å². The summed E-state index contributed by atoms with van der Waals surface area (Å²) in [5, 5.41) is 9.00. The first kappa shape index (κ1) is 20.4. The number of nitrogens with zero attached hydrogens (tertiary/aromatic N) is 3. The van der Waals surface area contributed by atoms with Crippen molar-refractivity contribution in [3.8, 4) is 0 Å². The fourth-order valence-corrected chi connectivity index (χ4v) is 4.45. The summed E-state index contributed by atoms with van der Waals surface area (Å²) in [6.45, 7) is 3.71. The Morgan fingerprint density at radius 1 is 0.964 bits per heavy atom. The van der Waals surface area contributed by atoms with Gasteiger partial charge in [0, 0.05) is 57.6 Å². The maximum Gasteiger partial charge on any atom is 0.407 e. The molecule has 0 unspecified atom stereocenters. The molecule has 0 bridgehead atoms. The van der Waals surface area contributed by atoms with Gasteiger partial charge in [-0.2, -0.15) is 0 Å². The Labute approximate surface area is 165 Å². The van der Waals surface area contributed by atoms with Gasteiger partial charge < -0.3 is 19.8 Å². The number of rotatable bonds is 4. The summed E-state index contributed by atoms with van der Waals surface area (Å²) in [5.74, 6) is 0.394. The van der Waals surface area contributed by atoms with Crippen LogP contribution in [0.5, 0.6) is 0 Å². The number of hydrogen-bond acceptors (Lipinski definition) is 5. The zero-order valence-electron chi connectivity index (χ0n) is 16.1. The lowest BCUT2D eigenvalue weighted by molar-refractivity contribution is -0.132. The fraction of sp³-hybridized carbons (Fsp3) is 0.579. The van der Waals surface area contributed by atoms with Crippen LogP contribution >= 0.6 is 0 Å². The highest BCUT2D eigenvalue weighted by Gasteiger charge is 2.27. The van der Waals surface area contributed by atoms with E-state index >= 15 is 0 Å². The van der Waals surface area contributed by atoms with Crippen molar-refractivity contribution in [2.24, 2.45) is 5.92 Å². The Morgan fingerprint density at radius 3 is 2.04 bits per heavy atom. The molecule has 154 valence electrons. The molecule has 0 atom stereocenters. The standard InChI is InChI=1S/C19H27N3O5S/c1-28(26,27)17-4-2-16(3-5-17)20-10-12-21(13-11-20)18(23)14-15-6-8-22(9-7-15)19(24)25/h2-5,15H,6-14H2,1H3,(H,24,25). The molecule has 1 aromatic rings. The molecule has 2 aliphatic heterocycles. The number of piperidine rings is 1. The second-order valence-electron chi connectivity index (χ2n) is 7.55. The molecule has 0 spiro atoms. The molecule has 0 radical (unpaired) electrons. The average molecular weight is 410 g/mol. The number of sulfone groups is 1. The number of benzene rings is 1. The van der Waals surface area contributed by atoms with E-state index in [2.05, 4.69) is 4.90 Å². The second-order valence-corrected chi connectivity index (χ2v) is 9.57. The van der Waals surface area contributed by atoms with Gasteiger partial charge in [0.25, 0.3) is 0 Å². The van der Waals surface area contributed by atoms with E-state index in [9.17, 15) is 18.0 Å². The zero-order chi connectivity index (χ0) is 20.3. The van der Waals surface area contributed by atoms with E-state index in [0.29, 0.717) is 50.6 Å². The summed E-state index contributed by atoms with van der Waals surface area (Å²) in [5.41, 5.74) is 0.959. The van der Waals surface area contributed by atoms with Crippen LogP contribution < -0.4 is 4.90 Å². The summed E-state index contributed by atoms with van der Waals surface area (Å²) in [6.07, 6.45) is 2.27. The first-order valence-electron chi connectivity index (χ1n) is 9.55. The van der Waals surface area contributed by atoms with Gasteiger partial charge in [-0.15, -0.1) is 0 Å². The molecule has 0 aliphatic carbocycles. The number of amides is 2. The minimum atomic E-state index is -3.20. The lowest BCUT2D eigenvalue weighted by atomic mass is 9.93. The van der Waals surface area contributed by atoms with E-state index < -0.39 is 15.9 Å². The molecule has 2 saturated heterocycles. The van der Waals surface area contributed by atoms with Crippen molar-refractivity contribution in [3.05, 3.63) is 24.3 Å². The van der Waals surface area contributed by atoms with E-state index in [1.807, 2.05) is 17.0 Å². The molecule has 2 aliphatic rings. The topological polar surface area (TPSA) is 98.2 Å². The predicted molar refractivity (Wildman–Crippen MR) is 105 cm³/mol. The van der Waals surface area contributed by atoms with Crippen LogP contribution in [0, 0.1) is 5.92 Å². The minimum Gasteiger partial charge on any atom is -0.465 e. The zero-order valence-corrected chi connectivity index (χ0v) is 16.9. The lowest BCUT2D eigenvalue weighted by Gasteiger charge is -2.37. The van der Waals surface area contributed by atoms with Crippen molar-refractivity contribution in [2.45, 2.75) is 24.2 Å². The van der Waals surface area contributed by atoms with Crippen molar-refractivity contribution in [1.82, 2.24) is 9.80 Å². The third-order valence-corrected chi connectivity index (χ3v) is 6.74. The van der Waals surface area contributed by atoms with Gasteiger partial charge in [0.2, 0.25) is 5.91 Å². The number of carboxylic acid groups (broad SMARTS) is 1. The Bertz CT molecular complexity index is 808. The summed E-state index contributed by atoms with van der Waals surface area (Å²) < 4.78 is 23.1. The number of hydrogen-bond donors (Lipinski definition) is 1. The highest BCUT2D eigenvalue weighted by atomic mass is 32.2. The Morgan fingerprint density at radius 2 is 1.54 bits per heavy atom. The monoisotopic (exact) mass is 409 g/mol. The Balaban J connectivity index is 1.47. The maximum atomic E-state index is 12.6. The van der Waals surface area contributed by atoms with Gasteiger partial charge in [0.15, 0.2) is 9.84 Å². The van der Waals surface area contributed by atoms with E-state index in [4.69, 9.17) is 5.11 Å². The molecule has 0 aromatic heterocycles. The van der Waals surface area contributed by atoms with Gasteiger partial charge in [-0.3, -0.25) is 4.79 Å². The van der Waals surface area contributed by atoms with Crippen LogP contribution in [0.25, 0.3) is 0 Å². The number of carbonyl (C=O) groups is 2. The van der Waals surface area contributed by atoms with Crippen LogP contribution in [0.3, 0.4) is 0 Å². The Hall–Kier alpha value is -2.29. The normalized spacial score (nSPS) is 19.0. The van der Waals surface area contributed by atoms with Gasteiger partial charge in [-0.1, -0.05) is 0 Å². The van der Waals surface area contributed by atoms with Crippen molar-refractivity contribution < 1.29 is 23.1 Å². The number of likely N-dealkylation sites (tertiary alicyclic amines) is 1. The van der Waals surface area contributed by atoms with Gasteiger partial charge in [0.1, 0.15) is 0 Å². The minimum absolute atomic E-state index is 0.140. The highest BCUT2D eigenvalue weighted by molar-refractivity contribution is 7.90. The summed E-state index contributed by atoms with van der Waals surface area (Å²) >= 11 is 0. The maximum absolute atomic E-state index is 12.6.